The van der Waals surface area contributed by atoms with Crippen LogP contribution >= 0.6 is 0 Å². The summed E-state index contributed by atoms with van der Waals surface area (Å²) in [6, 6.07) is 2.44. The minimum absolute atomic E-state index is 0.247. The Hall–Kier alpha value is -0.590. The summed E-state index contributed by atoms with van der Waals surface area (Å²) in [6.07, 6.45) is 4.15. The molecule has 1 rings (SSSR count). The number of nitrogens with zero attached hydrogens (tertiary/aromatic N) is 1. The van der Waals surface area contributed by atoms with Crippen LogP contribution in [-0.4, -0.2) is 24.4 Å². The van der Waals surface area contributed by atoms with Crippen LogP contribution in [0.4, 0.5) is 0 Å². The van der Waals surface area contributed by atoms with Crippen molar-refractivity contribution in [1.82, 2.24) is 0 Å². The van der Waals surface area contributed by atoms with Gasteiger partial charge in [0.25, 0.3) is 0 Å². The molecule has 1 saturated carbocycles. The third kappa shape index (κ3) is 3.12. The molecule has 1 fully saturated rings. The van der Waals surface area contributed by atoms with E-state index >= 15 is 0 Å². The number of hydrogen-bond acceptors (Lipinski definition) is 3. The van der Waals surface area contributed by atoms with Crippen molar-refractivity contribution in [3.63, 3.8) is 0 Å². The summed E-state index contributed by atoms with van der Waals surface area (Å²) in [5.74, 6) is 0.637. The van der Waals surface area contributed by atoms with Gasteiger partial charge >= 0.3 is 0 Å². The van der Waals surface area contributed by atoms with Crippen LogP contribution in [0.2, 0.25) is 0 Å². The number of methoxy groups -OCH3 is 1. The molecule has 19 heavy (non-hydrogen) atoms. The van der Waals surface area contributed by atoms with E-state index in [1.54, 1.807) is 7.11 Å². The van der Waals surface area contributed by atoms with Gasteiger partial charge in [0, 0.05) is 7.11 Å². The molecule has 0 aromatic rings. The van der Waals surface area contributed by atoms with E-state index in [0.29, 0.717) is 12.3 Å². The van der Waals surface area contributed by atoms with Gasteiger partial charge in [-0.05, 0) is 43.4 Å². The van der Waals surface area contributed by atoms with Crippen LogP contribution in [0.1, 0.15) is 59.8 Å². The second-order valence-electron chi connectivity index (χ2n) is 7.15. The van der Waals surface area contributed by atoms with Crippen LogP contribution in [0.5, 0.6) is 0 Å². The predicted octanol–water partition coefficient (Wildman–Crippen LogP) is 3.52. The largest absolute Gasteiger partial charge is 0.386 e. The molecule has 1 N–H and O–H groups in total. The lowest BCUT2D eigenvalue weighted by molar-refractivity contribution is -0.124. The first-order valence-corrected chi connectivity index (χ1v) is 7.37. The number of ether oxygens (including phenoxy) is 1. The van der Waals surface area contributed by atoms with Crippen LogP contribution in [0.25, 0.3) is 0 Å². The van der Waals surface area contributed by atoms with Gasteiger partial charge in [-0.3, -0.25) is 0 Å². The minimum atomic E-state index is -1.01. The van der Waals surface area contributed by atoms with E-state index in [0.717, 1.165) is 25.7 Å². The summed E-state index contributed by atoms with van der Waals surface area (Å²) < 4.78 is 5.17. The first-order chi connectivity index (χ1) is 8.74. The smallest absolute Gasteiger partial charge is 0.106 e. The molecule has 0 aromatic carbocycles. The highest BCUT2D eigenvalue weighted by Crippen LogP contribution is 2.51. The second kappa shape index (κ2) is 5.81. The van der Waals surface area contributed by atoms with Crippen molar-refractivity contribution >= 4 is 0 Å². The molecule has 110 valence electrons. The van der Waals surface area contributed by atoms with Crippen molar-refractivity contribution in [2.45, 2.75) is 65.4 Å². The molecule has 0 amide bonds. The van der Waals surface area contributed by atoms with Crippen molar-refractivity contribution < 1.29 is 9.84 Å². The molecule has 0 aliphatic heterocycles. The molecule has 0 saturated heterocycles. The average Bonchev–Trinajstić information content (AvgIpc) is 2.37. The van der Waals surface area contributed by atoms with Crippen LogP contribution in [-0.2, 0) is 4.74 Å². The molecule has 1 aliphatic rings. The summed E-state index contributed by atoms with van der Waals surface area (Å²) in [7, 11) is 1.59. The van der Waals surface area contributed by atoms with E-state index in [-0.39, 0.29) is 12.0 Å². The van der Waals surface area contributed by atoms with Crippen molar-refractivity contribution in [2.75, 3.05) is 13.7 Å². The standard InChI is InChI=1S/C16H29NO2/c1-6-16(18,12-19-5)15(11-17)9-7-13(8-10-15)14(2,3)4/h13,18H,6-10,12H2,1-5H3. The quantitative estimate of drug-likeness (QED) is 0.848. The maximum Gasteiger partial charge on any atom is 0.106 e. The van der Waals surface area contributed by atoms with Gasteiger partial charge in [0.05, 0.1) is 18.1 Å². The van der Waals surface area contributed by atoms with Gasteiger partial charge in [-0.1, -0.05) is 27.7 Å². The van der Waals surface area contributed by atoms with Gasteiger partial charge in [0.1, 0.15) is 5.60 Å². The molecular weight excluding hydrogens is 238 g/mol. The Morgan fingerprint density at radius 3 is 2.16 bits per heavy atom. The lowest BCUT2D eigenvalue weighted by Gasteiger charge is -2.48. The second-order valence-corrected chi connectivity index (χ2v) is 7.15. The van der Waals surface area contributed by atoms with E-state index in [2.05, 4.69) is 26.8 Å². The number of rotatable bonds is 4. The summed E-state index contributed by atoms with van der Waals surface area (Å²) >= 11 is 0. The van der Waals surface area contributed by atoms with Crippen LogP contribution in [0, 0.1) is 28.1 Å². The Balaban J connectivity index is 2.89. The van der Waals surface area contributed by atoms with Crippen LogP contribution in [0.3, 0.4) is 0 Å². The van der Waals surface area contributed by atoms with E-state index in [1.807, 2.05) is 6.92 Å². The summed E-state index contributed by atoms with van der Waals surface area (Å²) in [4.78, 5) is 0. The van der Waals surface area contributed by atoms with E-state index < -0.39 is 11.0 Å². The van der Waals surface area contributed by atoms with Crippen molar-refractivity contribution in [1.29, 1.82) is 5.26 Å². The normalized spacial score (nSPS) is 31.5. The number of hydrogen-bond donors (Lipinski definition) is 1. The molecule has 1 atom stereocenters. The first-order valence-electron chi connectivity index (χ1n) is 7.37. The Bertz CT molecular complexity index is 332. The lowest BCUT2D eigenvalue weighted by Crippen LogP contribution is -2.52. The van der Waals surface area contributed by atoms with Gasteiger partial charge in [0.2, 0.25) is 0 Å². The molecule has 3 nitrogen and oxygen atoms in total. The first kappa shape index (κ1) is 16.5. The van der Waals surface area contributed by atoms with Gasteiger partial charge in [-0.2, -0.15) is 5.26 Å². The minimum Gasteiger partial charge on any atom is -0.386 e. The van der Waals surface area contributed by atoms with Crippen molar-refractivity contribution in [3.8, 4) is 6.07 Å². The Kier molecular flexibility index (Phi) is 5.03. The molecule has 1 unspecified atom stereocenters. The average molecular weight is 267 g/mol. The highest BCUT2D eigenvalue weighted by atomic mass is 16.5. The Labute approximate surface area is 118 Å². The third-order valence-corrected chi connectivity index (χ3v) is 5.14. The zero-order chi connectivity index (χ0) is 14.7. The SMILES string of the molecule is CCC(O)(COC)C1(C#N)CCC(C(C)(C)C)CC1. The Morgan fingerprint density at radius 2 is 1.84 bits per heavy atom. The Morgan fingerprint density at radius 1 is 1.32 bits per heavy atom. The summed E-state index contributed by atoms with van der Waals surface area (Å²) in [5, 5.41) is 20.5. The topological polar surface area (TPSA) is 53.2 Å². The highest BCUT2D eigenvalue weighted by molar-refractivity contribution is 5.13. The number of nitriles is 1. The van der Waals surface area contributed by atoms with Crippen molar-refractivity contribution in [3.05, 3.63) is 0 Å². The molecule has 0 aromatic heterocycles. The van der Waals surface area contributed by atoms with Gasteiger partial charge in [-0.15, -0.1) is 0 Å². The van der Waals surface area contributed by atoms with Gasteiger partial charge < -0.3 is 9.84 Å². The van der Waals surface area contributed by atoms with E-state index in [1.165, 1.54) is 0 Å². The lowest BCUT2D eigenvalue weighted by atomic mass is 9.58. The van der Waals surface area contributed by atoms with E-state index in [4.69, 9.17) is 4.74 Å². The molecule has 3 heteroatoms. The van der Waals surface area contributed by atoms with Gasteiger partial charge in [0.15, 0.2) is 0 Å². The summed E-state index contributed by atoms with van der Waals surface area (Å²) in [5.41, 5.74) is -1.37. The van der Waals surface area contributed by atoms with Crippen LogP contribution in [0.15, 0.2) is 0 Å². The zero-order valence-electron chi connectivity index (χ0n) is 13.1. The maximum absolute atomic E-state index is 10.8. The monoisotopic (exact) mass is 267 g/mol. The number of aliphatic hydroxyl groups is 1. The molecule has 0 spiro atoms. The fraction of sp³-hybridized carbons (Fsp3) is 0.938. The van der Waals surface area contributed by atoms with Crippen molar-refractivity contribution in [2.24, 2.45) is 16.7 Å². The summed E-state index contributed by atoms with van der Waals surface area (Å²) in [6.45, 7) is 8.97. The fourth-order valence-electron chi connectivity index (χ4n) is 3.48. The molecule has 0 radical (unpaired) electrons. The third-order valence-electron chi connectivity index (χ3n) is 5.14. The highest BCUT2D eigenvalue weighted by Gasteiger charge is 2.52. The molecule has 1 aliphatic carbocycles. The molecule has 0 bridgehead atoms. The van der Waals surface area contributed by atoms with Gasteiger partial charge in [-0.25, -0.2) is 0 Å². The predicted molar refractivity (Wildman–Crippen MR) is 76.6 cm³/mol. The van der Waals surface area contributed by atoms with Crippen LogP contribution < -0.4 is 0 Å². The molecule has 0 heterocycles. The molecular formula is C16H29NO2. The maximum atomic E-state index is 10.8. The fourth-order valence-corrected chi connectivity index (χ4v) is 3.48. The van der Waals surface area contributed by atoms with E-state index in [9.17, 15) is 10.4 Å². The zero-order valence-corrected chi connectivity index (χ0v) is 13.1.